The van der Waals surface area contributed by atoms with E-state index >= 15 is 0 Å². The van der Waals surface area contributed by atoms with Gasteiger partial charge in [-0.05, 0) is 42.7 Å². The van der Waals surface area contributed by atoms with Gasteiger partial charge in [-0.15, -0.1) is 11.6 Å². The number of aromatic nitrogens is 2. The highest BCUT2D eigenvalue weighted by atomic mass is 35.5. The van der Waals surface area contributed by atoms with Crippen molar-refractivity contribution in [1.82, 2.24) is 9.61 Å². The van der Waals surface area contributed by atoms with E-state index in [2.05, 4.69) is 5.10 Å². The van der Waals surface area contributed by atoms with Crippen molar-refractivity contribution in [3.8, 4) is 0 Å². The number of benzene rings is 1. The van der Waals surface area contributed by atoms with Crippen molar-refractivity contribution in [2.45, 2.75) is 32.6 Å². The van der Waals surface area contributed by atoms with Crippen molar-refractivity contribution >= 4 is 34.7 Å². The third-order valence-electron chi connectivity index (χ3n) is 5.54. The molecule has 0 fully saturated rings. The summed E-state index contributed by atoms with van der Waals surface area (Å²) in [5, 5.41) is 4.51. The third kappa shape index (κ3) is 3.67. The molecule has 1 aliphatic rings. The summed E-state index contributed by atoms with van der Waals surface area (Å²) in [4.78, 5) is 26.9. The maximum atomic E-state index is 13.4. The molecule has 3 aromatic rings. The zero-order valence-electron chi connectivity index (χ0n) is 17.6. The molecule has 0 N–H and O–H groups in total. The van der Waals surface area contributed by atoms with Crippen LogP contribution in [-0.4, -0.2) is 40.5 Å². The van der Waals surface area contributed by atoms with Crippen LogP contribution in [0.1, 0.15) is 48.0 Å². The first kappa shape index (κ1) is 21.3. The van der Waals surface area contributed by atoms with Gasteiger partial charge < -0.3 is 9.64 Å². The van der Waals surface area contributed by atoms with E-state index in [1.807, 2.05) is 19.9 Å². The predicted molar refractivity (Wildman–Crippen MR) is 116 cm³/mol. The molecule has 31 heavy (non-hydrogen) atoms. The SMILES string of the molecule is CCOC(=O)c1cnn2c3c(cc(Cc4ccc(F)cc4)c12)N(C(=O)CCl)CC3(C)C. The Hall–Kier alpha value is -2.93. The summed E-state index contributed by atoms with van der Waals surface area (Å²) in [7, 11) is 0. The van der Waals surface area contributed by atoms with E-state index in [4.69, 9.17) is 16.3 Å². The van der Waals surface area contributed by atoms with Crippen molar-refractivity contribution < 1.29 is 18.7 Å². The number of hydrogen-bond acceptors (Lipinski definition) is 4. The van der Waals surface area contributed by atoms with Crippen molar-refractivity contribution in [3.05, 3.63) is 64.7 Å². The second kappa shape index (κ2) is 7.96. The molecule has 0 radical (unpaired) electrons. The number of rotatable bonds is 5. The molecule has 1 amide bonds. The molecule has 0 aliphatic carbocycles. The van der Waals surface area contributed by atoms with Crippen molar-refractivity contribution in [3.63, 3.8) is 0 Å². The summed E-state index contributed by atoms with van der Waals surface area (Å²) >= 11 is 5.86. The highest BCUT2D eigenvalue weighted by Gasteiger charge is 2.41. The Labute approximate surface area is 184 Å². The first-order valence-electron chi connectivity index (χ1n) is 10.1. The van der Waals surface area contributed by atoms with Crippen LogP contribution in [0.2, 0.25) is 0 Å². The van der Waals surface area contributed by atoms with Gasteiger partial charge in [-0.3, -0.25) is 4.79 Å². The Balaban J connectivity index is 1.97. The van der Waals surface area contributed by atoms with Crippen LogP contribution in [0.3, 0.4) is 0 Å². The van der Waals surface area contributed by atoms with Crippen LogP contribution in [0.25, 0.3) is 5.52 Å². The van der Waals surface area contributed by atoms with Gasteiger partial charge in [0.25, 0.3) is 0 Å². The Bertz CT molecular complexity index is 1170. The number of amides is 1. The highest BCUT2D eigenvalue weighted by Crippen LogP contribution is 2.43. The molecule has 2 aromatic heterocycles. The maximum Gasteiger partial charge on any atom is 0.341 e. The lowest BCUT2D eigenvalue weighted by atomic mass is 9.90. The molecule has 6 nitrogen and oxygen atoms in total. The Morgan fingerprint density at radius 1 is 1.26 bits per heavy atom. The average molecular weight is 444 g/mol. The van der Waals surface area contributed by atoms with E-state index in [0.717, 1.165) is 22.5 Å². The number of alkyl halides is 1. The molecule has 4 rings (SSSR count). The first-order chi connectivity index (χ1) is 14.8. The fourth-order valence-electron chi connectivity index (χ4n) is 4.24. The number of halogens is 2. The van der Waals surface area contributed by atoms with Gasteiger partial charge in [0.1, 0.15) is 17.3 Å². The Morgan fingerprint density at radius 2 is 1.97 bits per heavy atom. The van der Waals surface area contributed by atoms with Gasteiger partial charge in [-0.2, -0.15) is 5.10 Å². The van der Waals surface area contributed by atoms with Gasteiger partial charge in [-0.25, -0.2) is 13.7 Å². The summed E-state index contributed by atoms with van der Waals surface area (Å²) in [5.41, 5.74) is 3.80. The molecule has 0 unspecified atom stereocenters. The predicted octanol–water partition coefficient (Wildman–Crippen LogP) is 4.10. The standard InChI is InChI=1S/C23H23ClFN3O3/c1-4-31-22(30)17-12-26-28-20(17)15(9-14-5-7-16(25)8-6-14)10-18-21(28)23(2,3)13-27(18)19(29)11-24/h5-8,10,12H,4,9,11,13H2,1-3H3. The molecule has 162 valence electrons. The van der Waals surface area contributed by atoms with Gasteiger partial charge in [-0.1, -0.05) is 26.0 Å². The van der Waals surface area contributed by atoms with E-state index in [1.165, 1.54) is 18.3 Å². The first-order valence-corrected chi connectivity index (χ1v) is 10.6. The zero-order chi connectivity index (χ0) is 22.3. The fraction of sp³-hybridized carbons (Fsp3) is 0.348. The number of fused-ring (bicyclic) bond motifs is 3. The molecule has 0 spiro atoms. The normalized spacial score (nSPS) is 14.7. The Kier molecular flexibility index (Phi) is 5.47. The molecule has 0 bridgehead atoms. The molecule has 0 saturated heterocycles. The van der Waals surface area contributed by atoms with Crippen LogP contribution >= 0.6 is 11.6 Å². The second-order valence-corrected chi connectivity index (χ2v) is 8.51. The van der Waals surface area contributed by atoms with Gasteiger partial charge in [0.15, 0.2) is 0 Å². The molecule has 8 heteroatoms. The van der Waals surface area contributed by atoms with Crippen molar-refractivity contribution in [1.29, 1.82) is 0 Å². The quantitative estimate of drug-likeness (QED) is 0.440. The number of pyridine rings is 1. The summed E-state index contributed by atoms with van der Waals surface area (Å²) in [6, 6.07) is 8.11. The fourth-order valence-corrected chi connectivity index (χ4v) is 4.39. The summed E-state index contributed by atoms with van der Waals surface area (Å²) < 4.78 is 20.4. The minimum absolute atomic E-state index is 0.131. The van der Waals surface area contributed by atoms with Gasteiger partial charge in [0.05, 0.1) is 29.7 Å². The highest BCUT2D eigenvalue weighted by molar-refractivity contribution is 6.29. The monoisotopic (exact) mass is 443 g/mol. The summed E-state index contributed by atoms with van der Waals surface area (Å²) in [6.45, 7) is 6.51. The van der Waals surface area contributed by atoms with Crippen LogP contribution in [-0.2, 0) is 21.4 Å². The lowest BCUT2D eigenvalue weighted by Crippen LogP contribution is -2.34. The number of anilines is 1. The van der Waals surface area contributed by atoms with Crippen LogP contribution < -0.4 is 4.90 Å². The molecule has 1 aromatic carbocycles. The van der Waals surface area contributed by atoms with Crippen LogP contribution in [0.15, 0.2) is 36.5 Å². The minimum atomic E-state index is -0.456. The van der Waals surface area contributed by atoms with Crippen LogP contribution in [0.4, 0.5) is 10.1 Å². The number of esters is 1. The molecule has 0 saturated carbocycles. The van der Waals surface area contributed by atoms with Crippen molar-refractivity contribution in [2.24, 2.45) is 0 Å². The number of nitrogens with zero attached hydrogens (tertiary/aromatic N) is 3. The molecular weight excluding hydrogens is 421 g/mol. The van der Waals surface area contributed by atoms with E-state index in [-0.39, 0.29) is 24.2 Å². The Morgan fingerprint density at radius 3 is 2.61 bits per heavy atom. The smallest absolute Gasteiger partial charge is 0.341 e. The number of hydrogen-bond donors (Lipinski definition) is 0. The lowest BCUT2D eigenvalue weighted by molar-refractivity contribution is -0.116. The van der Waals surface area contributed by atoms with Gasteiger partial charge >= 0.3 is 5.97 Å². The van der Waals surface area contributed by atoms with Crippen LogP contribution in [0, 0.1) is 5.82 Å². The third-order valence-corrected chi connectivity index (χ3v) is 5.77. The minimum Gasteiger partial charge on any atom is -0.462 e. The summed E-state index contributed by atoms with van der Waals surface area (Å²) in [5.74, 6) is -1.10. The number of carbonyl (C=O) groups is 2. The van der Waals surface area contributed by atoms with Crippen molar-refractivity contribution in [2.75, 3.05) is 23.9 Å². The van der Waals surface area contributed by atoms with E-state index in [1.54, 1.807) is 28.5 Å². The molecule has 0 atom stereocenters. The second-order valence-electron chi connectivity index (χ2n) is 8.24. The zero-order valence-corrected chi connectivity index (χ0v) is 18.4. The average Bonchev–Trinajstić information content (AvgIpc) is 3.28. The molecular formula is C23H23ClFN3O3. The summed E-state index contributed by atoms with van der Waals surface area (Å²) in [6.07, 6.45) is 1.93. The van der Waals surface area contributed by atoms with E-state index in [9.17, 15) is 14.0 Å². The lowest BCUT2D eigenvalue weighted by Gasteiger charge is -2.19. The molecule has 1 aliphatic heterocycles. The number of carbonyl (C=O) groups excluding carboxylic acids is 2. The van der Waals surface area contributed by atoms with Gasteiger partial charge in [0, 0.05) is 12.0 Å². The van der Waals surface area contributed by atoms with E-state index in [0.29, 0.717) is 24.0 Å². The van der Waals surface area contributed by atoms with E-state index < -0.39 is 11.4 Å². The maximum absolute atomic E-state index is 13.4. The molecule has 3 heterocycles. The largest absolute Gasteiger partial charge is 0.462 e. The van der Waals surface area contributed by atoms with Gasteiger partial charge in [0.2, 0.25) is 5.91 Å². The van der Waals surface area contributed by atoms with Crippen LogP contribution in [0.5, 0.6) is 0 Å². The number of ether oxygens (including phenoxy) is 1. The topological polar surface area (TPSA) is 63.9 Å².